The van der Waals surface area contributed by atoms with Gasteiger partial charge in [-0.1, -0.05) is 11.6 Å². The molecule has 1 unspecified atom stereocenters. The van der Waals surface area contributed by atoms with Crippen LogP contribution in [-0.4, -0.2) is 26.2 Å². The van der Waals surface area contributed by atoms with E-state index in [0.717, 1.165) is 0 Å². The van der Waals surface area contributed by atoms with Crippen molar-refractivity contribution in [3.8, 4) is 0 Å². The number of aliphatic imine (C=N–C) groups is 1. The zero-order valence-electron chi connectivity index (χ0n) is 9.08. The van der Waals surface area contributed by atoms with E-state index < -0.39 is 15.2 Å². The van der Waals surface area contributed by atoms with Crippen molar-refractivity contribution in [3.63, 3.8) is 0 Å². The molecule has 6 nitrogen and oxygen atoms in total. The molecule has 0 radical (unpaired) electrons. The third-order valence-corrected chi connectivity index (χ3v) is 4.46. The summed E-state index contributed by atoms with van der Waals surface area (Å²) in [6.07, 6.45) is 0. The lowest BCUT2D eigenvalue weighted by atomic mass is 10.3. The maximum Gasteiger partial charge on any atom is 0.286 e. The molecule has 1 heterocycles. The van der Waals surface area contributed by atoms with Crippen molar-refractivity contribution in [3.05, 3.63) is 23.2 Å². The summed E-state index contributed by atoms with van der Waals surface area (Å²) in [5.41, 5.74) is 0.247. The van der Waals surface area contributed by atoms with Crippen LogP contribution in [-0.2, 0) is 10.0 Å². The summed E-state index contributed by atoms with van der Waals surface area (Å²) in [6.45, 7) is 0. The number of benzene rings is 1. The number of hydrogen-bond acceptors (Lipinski definition) is 5. The van der Waals surface area contributed by atoms with Crippen molar-refractivity contribution in [1.82, 2.24) is 5.32 Å². The standard InChI is InChI=1S/C9H8ClN3O3S2/c1-11-9(14)17-8-12-6-4-5(10)2-3-7(6)18(15,16)13-8/h2-4H,1H3,(H,11,14)(H,12,13,15,16). The van der Waals surface area contributed by atoms with Crippen molar-refractivity contribution >= 4 is 49.5 Å². The summed E-state index contributed by atoms with van der Waals surface area (Å²) in [6, 6.07) is 4.33. The van der Waals surface area contributed by atoms with Crippen LogP contribution < -0.4 is 5.32 Å². The highest BCUT2D eigenvalue weighted by molar-refractivity contribution is 8.26. The molecule has 1 aliphatic heterocycles. The number of carbonyl (C=O) groups is 1. The molecule has 0 saturated heterocycles. The minimum Gasteiger partial charge on any atom is -0.350 e. The number of nitrogens with one attached hydrogen (secondary N) is 1. The number of fused-ring (bicyclic) bond motifs is 1. The van der Waals surface area contributed by atoms with Crippen LogP contribution in [0.15, 0.2) is 32.4 Å². The molecule has 1 atom stereocenters. The highest BCUT2D eigenvalue weighted by Crippen LogP contribution is 2.33. The number of thioether (sulfide) groups is 1. The van der Waals surface area contributed by atoms with Gasteiger partial charge in [-0.25, -0.2) is 9.20 Å². The average molecular weight is 306 g/mol. The first kappa shape index (κ1) is 13.3. The monoisotopic (exact) mass is 305 g/mol. The van der Waals surface area contributed by atoms with E-state index >= 15 is 0 Å². The molecular formula is C9H8ClN3O3S2. The molecule has 1 aromatic carbocycles. The molecule has 18 heavy (non-hydrogen) atoms. The Morgan fingerprint density at radius 1 is 1.56 bits per heavy atom. The largest absolute Gasteiger partial charge is 0.350 e. The van der Waals surface area contributed by atoms with Crippen molar-refractivity contribution in [2.75, 3.05) is 7.05 Å². The summed E-state index contributed by atoms with van der Waals surface area (Å²) < 4.78 is 25.3. The fourth-order valence-electron chi connectivity index (χ4n) is 1.26. The molecule has 9 heteroatoms. The van der Waals surface area contributed by atoms with E-state index in [4.69, 9.17) is 11.6 Å². The smallest absolute Gasteiger partial charge is 0.286 e. The molecule has 0 bridgehead atoms. The lowest BCUT2D eigenvalue weighted by molar-refractivity contribution is 0.262. The van der Waals surface area contributed by atoms with Crippen LogP contribution in [0.2, 0.25) is 5.02 Å². The van der Waals surface area contributed by atoms with E-state index in [1.807, 2.05) is 0 Å². The number of hydrogen-bond donors (Lipinski definition) is 2. The van der Waals surface area contributed by atoms with Crippen LogP contribution in [0, 0.1) is 0 Å². The van der Waals surface area contributed by atoms with Crippen molar-refractivity contribution < 1.29 is 13.6 Å². The first-order valence-electron chi connectivity index (χ1n) is 4.70. The van der Waals surface area contributed by atoms with Crippen LogP contribution in [0.25, 0.3) is 0 Å². The Labute approximate surface area is 113 Å². The average Bonchev–Trinajstić information content (AvgIpc) is 2.26. The molecule has 1 amide bonds. The van der Waals surface area contributed by atoms with Gasteiger partial charge in [0.2, 0.25) is 5.17 Å². The van der Waals surface area contributed by atoms with Crippen molar-refractivity contribution in [1.29, 1.82) is 0 Å². The number of carbonyl (C=O) groups excluding carboxylic acids is 1. The number of amidine groups is 1. The van der Waals surface area contributed by atoms with Crippen molar-refractivity contribution in [2.45, 2.75) is 4.90 Å². The molecule has 1 aromatic rings. The van der Waals surface area contributed by atoms with Crippen LogP contribution >= 0.6 is 23.4 Å². The number of halogens is 1. The first-order chi connectivity index (χ1) is 8.42. The van der Waals surface area contributed by atoms with Gasteiger partial charge in [-0.2, -0.15) is 0 Å². The maximum absolute atomic E-state index is 11.9. The van der Waals surface area contributed by atoms with Crippen LogP contribution in [0.5, 0.6) is 0 Å². The Hall–Kier alpha value is -1.09. The van der Waals surface area contributed by atoms with Crippen LogP contribution in [0.3, 0.4) is 0 Å². The summed E-state index contributed by atoms with van der Waals surface area (Å²) in [4.78, 5) is 15.3. The van der Waals surface area contributed by atoms with E-state index in [2.05, 4.69) is 14.7 Å². The van der Waals surface area contributed by atoms with E-state index in [1.54, 1.807) is 0 Å². The summed E-state index contributed by atoms with van der Waals surface area (Å²) in [7, 11) is -2.13. The van der Waals surface area contributed by atoms with Crippen LogP contribution in [0.1, 0.15) is 0 Å². The minimum absolute atomic E-state index is 0.0726. The van der Waals surface area contributed by atoms with Gasteiger partial charge in [0, 0.05) is 23.8 Å². The van der Waals surface area contributed by atoms with Crippen molar-refractivity contribution in [2.24, 2.45) is 9.36 Å². The molecular weight excluding hydrogens is 298 g/mol. The Bertz CT molecular complexity index is 665. The van der Waals surface area contributed by atoms with Gasteiger partial charge in [0.1, 0.15) is 4.90 Å². The Morgan fingerprint density at radius 3 is 2.94 bits per heavy atom. The fourth-order valence-corrected chi connectivity index (χ4v) is 3.26. The lowest BCUT2D eigenvalue weighted by Gasteiger charge is -2.12. The SMILES string of the molecule is CNC(=O)SC1=Nc2cc(Cl)ccc2S(=O)(O)=N1. The molecule has 0 spiro atoms. The highest BCUT2D eigenvalue weighted by atomic mass is 35.5. The Balaban J connectivity index is 2.52. The van der Waals surface area contributed by atoms with E-state index in [0.29, 0.717) is 16.8 Å². The topological polar surface area (TPSA) is 91.1 Å². The summed E-state index contributed by atoms with van der Waals surface area (Å²) in [5, 5.41) is 2.25. The molecule has 0 saturated carbocycles. The van der Waals surface area contributed by atoms with Gasteiger partial charge in [-0.3, -0.25) is 9.35 Å². The predicted octanol–water partition coefficient (Wildman–Crippen LogP) is 2.71. The van der Waals surface area contributed by atoms with Gasteiger partial charge in [0.25, 0.3) is 5.24 Å². The van der Waals surface area contributed by atoms with Crippen LogP contribution in [0.4, 0.5) is 10.5 Å². The van der Waals surface area contributed by atoms with Gasteiger partial charge in [0.05, 0.1) is 5.69 Å². The third-order valence-electron chi connectivity index (χ3n) is 2.01. The molecule has 2 rings (SSSR count). The number of amides is 1. The number of nitrogens with zero attached hydrogens (tertiary/aromatic N) is 2. The predicted molar refractivity (Wildman–Crippen MR) is 72.1 cm³/mol. The van der Waals surface area contributed by atoms with Gasteiger partial charge in [-0.05, 0) is 18.2 Å². The quantitative estimate of drug-likeness (QED) is 0.771. The van der Waals surface area contributed by atoms with E-state index in [-0.39, 0.29) is 15.8 Å². The normalized spacial score (nSPS) is 21.6. The zero-order chi connectivity index (χ0) is 13.3. The molecule has 2 N–H and O–H groups in total. The first-order valence-corrected chi connectivity index (χ1v) is 7.36. The summed E-state index contributed by atoms with van der Waals surface area (Å²) >= 11 is 6.43. The van der Waals surface area contributed by atoms with Gasteiger partial charge >= 0.3 is 0 Å². The Kier molecular flexibility index (Phi) is 3.62. The molecule has 0 fully saturated rings. The van der Waals surface area contributed by atoms with E-state index in [1.165, 1.54) is 25.2 Å². The van der Waals surface area contributed by atoms with Gasteiger partial charge in [0.15, 0.2) is 10.0 Å². The molecule has 1 aliphatic rings. The molecule has 0 aliphatic carbocycles. The second-order valence-corrected chi connectivity index (χ2v) is 6.23. The second-order valence-electron chi connectivity index (χ2n) is 3.23. The molecule has 96 valence electrons. The van der Waals surface area contributed by atoms with Gasteiger partial charge < -0.3 is 5.32 Å². The fraction of sp³-hybridized carbons (Fsp3) is 0.111. The summed E-state index contributed by atoms with van der Waals surface area (Å²) in [5.74, 6) is 0. The molecule has 0 aromatic heterocycles. The maximum atomic E-state index is 11.9. The number of rotatable bonds is 0. The third kappa shape index (κ3) is 2.66. The van der Waals surface area contributed by atoms with E-state index in [9.17, 15) is 13.6 Å². The van der Waals surface area contributed by atoms with Gasteiger partial charge in [-0.15, -0.1) is 4.36 Å². The Morgan fingerprint density at radius 2 is 2.28 bits per heavy atom. The lowest BCUT2D eigenvalue weighted by Crippen LogP contribution is -2.15. The highest BCUT2D eigenvalue weighted by Gasteiger charge is 2.22. The minimum atomic E-state index is -3.58. The second kappa shape index (κ2) is 4.88. The zero-order valence-corrected chi connectivity index (χ0v) is 11.5.